The number of benzene rings is 2. The first-order valence-electron chi connectivity index (χ1n) is 10.7. The summed E-state index contributed by atoms with van der Waals surface area (Å²) in [5, 5.41) is 15.0. The van der Waals surface area contributed by atoms with Crippen LogP contribution in [0.2, 0.25) is 10.0 Å². The van der Waals surface area contributed by atoms with Crippen molar-refractivity contribution < 1.29 is 23.6 Å². The molecule has 9 heteroatoms. The smallest absolute Gasteiger partial charge is 0.233 e. The fourth-order valence-electron chi connectivity index (χ4n) is 5.70. The summed E-state index contributed by atoms with van der Waals surface area (Å²) in [6.07, 6.45) is 1.50. The summed E-state index contributed by atoms with van der Waals surface area (Å²) in [7, 11) is 0. The van der Waals surface area contributed by atoms with E-state index in [-0.39, 0.29) is 28.1 Å². The minimum absolute atomic E-state index is 0.00851. The number of rotatable bonds is 5. The fraction of sp³-hybridized carbons (Fsp3) is 0.375. The van der Waals surface area contributed by atoms with Crippen molar-refractivity contribution in [2.75, 3.05) is 0 Å². The molecule has 0 amide bonds. The first kappa shape index (κ1) is 21.1. The molecule has 2 aromatic carbocycles. The maximum Gasteiger partial charge on any atom is 0.233 e. The number of aliphatic hydroxyl groups excluding tert-OH is 1. The highest BCUT2D eigenvalue weighted by molar-refractivity contribution is 6.31. The van der Waals surface area contributed by atoms with Gasteiger partial charge in [0.1, 0.15) is 11.6 Å². The van der Waals surface area contributed by atoms with Crippen molar-refractivity contribution in [3.63, 3.8) is 0 Å². The number of hydrogen-bond acceptors (Lipinski definition) is 6. The van der Waals surface area contributed by atoms with E-state index in [2.05, 4.69) is 10.1 Å². The molecule has 3 aliphatic carbocycles. The molecule has 1 aliphatic heterocycles. The van der Waals surface area contributed by atoms with Gasteiger partial charge in [0.15, 0.2) is 11.9 Å². The second-order valence-corrected chi connectivity index (χ2v) is 10.4. The summed E-state index contributed by atoms with van der Waals surface area (Å²) < 4.78 is 25.1. The number of Topliss-reactive ketones (excluding diaryl/α,β-unsaturated/α-hetero) is 1. The molecule has 0 saturated heterocycles. The van der Waals surface area contributed by atoms with E-state index < -0.39 is 18.0 Å². The normalized spacial score (nSPS) is 29.5. The maximum atomic E-state index is 13.8. The summed E-state index contributed by atoms with van der Waals surface area (Å²) in [6.45, 7) is 0. The van der Waals surface area contributed by atoms with Crippen molar-refractivity contribution in [2.45, 2.75) is 49.7 Å². The van der Waals surface area contributed by atoms with Crippen LogP contribution in [0.15, 0.2) is 40.9 Å². The zero-order chi connectivity index (χ0) is 23.0. The third kappa shape index (κ3) is 3.36. The molecule has 3 fully saturated rings. The van der Waals surface area contributed by atoms with Crippen LogP contribution in [-0.4, -0.2) is 27.1 Å². The number of hydrogen-bond donors (Lipinski definition) is 1. The van der Waals surface area contributed by atoms with Gasteiger partial charge in [-0.05, 0) is 61.1 Å². The SMILES string of the molecule is O=C(CC12CC(c3nc(-c4ccc(Cl)c(F)c4)no3)(C1)C2)[C@@H]1C[C@@H](O)c2cc(Cl)ccc2O1. The fourth-order valence-corrected chi connectivity index (χ4v) is 6.00. The first-order chi connectivity index (χ1) is 15.8. The van der Waals surface area contributed by atoms with Crippen molar-refractivity contribution in [3.8, 4) is 17.1 Å². The monoisotopic (exact) mass is 488 g/mol. The average Bonchev–Trinajstić information content (AvgIpc) is 3.21. The van der Waals surface area contributed by atoms with Crippen LogP contribution < -0.4 is 4.74 Å². The molecule has 7 rings (SSSR count). The standard InChI is InChI=1S/C24H19Cl2FN2O4/c25-13-2-4-19-14(6-13)17(30)7-20(32-19)18(31)8-23-9-24(10-23,11-23)22-28-21(29-33-22)12-1-3-15(26)16(27)5-12/h1-6,17,20,30H,7-11H2/t17-,20+,23?,24?/m1/s1. The second kappa shape index (κ2) is 7.26. The highest BCUT2D eigenvalue weighted by Gasteiger charge is 2.71. The molecule has 2 bridgehead atoms. The number of nitrogens with zero attached hydrogens (tertiary/aromatic N) is 2. The lowest BCUT2D eigenvalue weighted by Gasteiger charge is -2.68. The molecule has 4 aliphatic rings. The van der Waals surface area contributed by atoms with Crippen molar-refractivity contribution in [1.29, 1.82) is 0 Å². The van der Waals surface area contributed by atoms with Gasteiger partial charge in [-0.15, -0.1) is 0 Å². The van der Waals surface area contributed by atoms with Crippen molar-refractivity contribution in [1.82, 2.24) is 10.1 Å². The Morgan fingerprint density at radius 3 is 2.73 bits per heavy atom. The van der Waals surface area contributed by atoms with E-state index in [0.29, 0.717) is 40.0 Å². The lowest BCUT2D eigenvalue weighted by Crippen LogP contribution is -2.65. The number of halogens is 3. The minimum atomic E-state index is -0.782. The predicted molar refractivity (Wildman–Crippen MR) is 118 cm³/mol. The molecule has 170 valence electrons. The third-order valence-electron chi connectivity index (χ3n) is 7.14. The van der Waals surface area contributed by atoms with Crippen molar-refractivity contribution in [3.05, 3.63) is 63.7 Å². The van der Waals surface area contributed by atoms with E-state index >= 15 is 0 Å². The van der Waals surface area contributed by atoms with E-state index in [1.54, 1.807) is 24.3 Å². The topological polar surface area (TPSA) is 85.5 Å². The molecule has 2 atom stereocenters. The van der Waals surface area contributed by atoms with Gasteiger partial charge in [-0.25, -0.2) is 4.39 Å². The summed E-state index contributed by atoms with van der Waals surface area (Å²) in [4.78, 5) is 17.5. The molecule has 0 spiro atoms. The minimum Gasteiger partial charge on any atom is -0.482 e. The van der Waals surface area contributed by atoms with Crippen LogP contribution in [0.3, 0.4) is 0 Å². The summed E-state index contributed by atoms with van der Waals surface area (Å²) in [5.74, 6) is 0.800. The molecule has 6 nitrogen and oxygen atoms in total. The number of fused-ring (bicyclic) bond motifs is 1. The van der Waals surface area contributed by atoms with E-state index in [9.17, 15) is 14.3 Å². The number of carbonyl (C=O) groups excluding carboxylic acids is 1. The second-order valence-electron chi connectivity index (χ2n) is 9.55. The van der Waals surface area contributed by atoms with Gasteiger partial charge in [-0.2, -0.15) is 4.98 Å². The Morgan fingerprint density at radius 1 is 1.18 bits per heavy atom. The maximum absolute atomic E-state index is 13.8. The van der Waals surface area contributed by atoms with Gasteiger partial charge in [0, 0.05) is 29.0 Å². The van der Waals surface area contributed by atoms with Crippen LogP contribution in [0.1, 0.15) is 49.7 Å². The quantitative estimate of drug-likeness (QED) is 0.513. The van der Waals surface area contributed by atoms with Gasteiger partial charge >= 0.3 is 0 Å². The number of carbonyl (C=O) groups is 1. The van der Waals surface area contributed by atoms with E-state index in [1.165, 1.54) is 12.1 Å². The van der Waals surface area contributed by atoms with Crippen LogP contribution in [0, 0.1) is 11.2 Å². The van der Waals surface area contributed by atoms with E-state index in [4.69, 9.17) is 32.5 Å². The van der Waals surface area contributed by atoms with Gasteiger partial charge in [0.25, 0.3) is 0 Å². The Balaban J connectivity index is 1.11. The van der Waals surface area contributed by atoms with Gasteiger partial charge in [-0.1, -0.05) is 28.4 Å². The highest BCUT2D eigenvalue weighted by Crippen LogP contribution is 2.75. The highest BCUT2D eigenvalue weighted by atomic mass is 35.5. The number of aliphatic hydroxyl groups is 1. The van der Waals surface area contributed by atoms with Crippen LogP contribution in [-0.2, 0) is 10.2 Å². The van der Waals surface area contributed by atoms with Crippen LogP contribution in [0.25, 0.3) is 11.4 Å². The Kier molecular flexibility index (Phi) is 4.64. The Hall–Kier alpha value is -2.48. The molecule has 1 N–H and O–H groups in total. The molecule has 33 heavy (non-hydrogen) atoms. The van der Waals surface area contributed by atoms with Gasteiger partial charge in [0.2, 0.25) is 11.7 Å². The average molecular weight is 489 g/mol. The molecular weight excluding hydrogens is 470 g/mol. The van der Waals surface area contributed by atoms with E-state index in [0.717, 1.165) is 19.3 Å². The van der Waals surface area contributed by atoms with Crippen LogP contribution in [0.5, 0.6) is 5.75 Å². The zero-order valence-corrected chi connectivity index (χ0v) is 18.9. The van der Waals surface area contributed by atoms with Crippen molar-refractivity contribution >= 4 is 29.0 Å². The number of aromatic nitrogens is 2. The van der Waals surface area contributed by atoms with Gasteiger partial charge in [-0.3, -0.25) is 4.79 Å². The largest absolute Gasteiger partial charge is 0.482 e. The van der Waals surface area contributed by atoms with Gasteiger partial charge in [0.05, 0.1) is 16.5 Å². The number of ether oxygens (including phenoxy) is 1. The molecule has 1 aromatic heterocycles. The molecule has 2 heterocycles. The predicted octanol–water partition coefficient (Wildman–Crippen LogP) is 5.45. The van der Waals surface area contributed by atoms with Crippen molar-refractivity contribution in [2.24, 2.45) is 5.41 Å². The molecular formula is C24H19Cl2FN2O4. The van der Waals surface area contributed by atoms with E-state index in [1.807, 2.05) is 0 Å². The lowest BCUT2D eigenvalue weighted by atomic mass is 9.34. The third-order valence-corrected chi connectivity index (χ3v) is 7.69. The first-order valence-corrected chi connectivity index (χ1v) is 11.5. The lowest BCUT2D eigenvalue weighted by molar-refractivity contribution is -0.172. The summed E-state index contributed by atoms with van der Waals surface area (Å²) >= 11 is 11.7. The van der Waals surface area contributed by atoms with Gasteiger partial charge < -0.3 is 14.4 Å². The summed E-state index contributed by atoms with van der Waals surface area (Å²) in [6, 6.07) is 9.43. The summed E-state index contributed by atoms with van der Waals surface area (Å²) in [5.41, 5.74) is 0.807. The Labute approximate surface area is 198 Å². The molecule has 3 aromatic rings. The Morgan fingerprint density at radius 2 is 1.97 bits per heavy atom. The molecule has 0 unspecified atom stereocenters. The van der Waals surface area contributed by atoms with Crippen LogP contribution in [0.4, 0.5) is 4.39 Å². The molecule has 3 saturated carbocycles. The molecule has 0 radical (unpaired) electrons. The van der Waals surface area contributed by atoms with Crippen LogP contribution >= 0.6 is 23.2 Å². The zero-order valence-electron chi connectivity index (χ0n) is 17.4. The number of ketones is 1. The Bertz CT molecular complexity index is 1270.